The molecule has 3 nitrogen and oxygen atoms in total. The first kappa shape index (κ1) is 12.8. The van der Waals surface area contributed by atoms with Crippen LogP contribution in [-0.4, -0.2) is 6.54 Å². The monoisotopic (exact) mass is 243 g/mol. The van der Waals surface area contributed by atoms with Crippen molar-refractivity contribution in [3.63, 3.8) is 0 Å². The minimum absolute atomic E-state index is 0.656. The Hall–Kier alpha value is -1.69. The second kappa shape index (κ2) is 5.77. The van der Waals surface area contributed by atoms with Crippen molar-refractivity contribution in [1.82, 2.24) is 0 Å². The standard InChI is InChI=1S/C15H21N3/c1-11-4-2-3-5-13(11)10-18-15-8-12(9-16)6-7-14(15)17/h6-8,11,13,18H,2-5,10,17H2,1H3. The minimum Gasteiger partial charge on any atom is -0.397 e. The predicted octanol–water partition coefficient (Wildman–Crippen LogP) is 3.38. The van der Waals surface area contributed by atoms with Gasteiger partial charge in [0.15, 0.2) is 0 Å². The van der Waals surface area contributed by atoms with Gasteiger partial charge in [0.1, 0.15) is 0 Å². The lowest BCUT2D eigenvalue weighted by Crippen LogP contribution is -2.24. The van der Waals surface area contributed by atoms with Crippen LogP contribution in [0.4, 0.5) is 11.4 Å². The molecule has 3 N–H and O–H groups in total. The highest BCUT2D eigenvalue weighted by molar-refractivity contribution is 5.68. The molecule has 1 saturated carbocycles. The lowest BCUT2D eigenvalue weighted by molar-refractivity contribution is 0.268. The van der Waals surface area contributed by atoms with Crippen LogP contribution in [0.15, 0.2) is 18.2 Å². The number of anilines is 2. The topological polar surface area (TPSA) is 61.8 Å². The van der Waals surface area contributed by atoms with Crippen molar-refractivity contribution in [1.29, 1.82) is 5.26 Å². The largest absolute Gasteiger partial charge is 0.397 e. The van der Waals surface area contributed by atoms with Gasteiger partial charge in [0.05, 0.1) is 23.0 Å². The molecule has 18 heavy (non-hydrogen) atoms. The van der Waals surface area contributed by atoms with E-state index in [0.29, 0.717) is 5.56 Å². The van der Waals surface area contributed by atoms with E-state index >= 15 is 0 Å². The first-order valence-corrected chi connectivity index (χ1v) is 6.74. The summed E-state index contributed by atoms with van der Waals surface area (Å²) in [6.07, 6.45) is 5.33. The van der Waals surface area contributed by atoms with Gasteiger partial charge in [-0.2, -0.15) is 5.26 Å². The van der Waals surface area contributed by atoms with Crippen molar-refractivity contribution in [2.45, 2.75) is 32.6 Å². The summed E-state index contributed by atoms with van der Waals surface area (Å²) in [5.74, 6) is 1.51. The van der Waals surface area contributed by atoms with Gasteiger partial charge in [0.2, 0.25) is 0 Å². The molecule has 2 atom stereocenters. The molecule has 0 aliphatic heterocycles. The van der Waals surface area contributed by atoms with Gasteiger partial charge in [0, 0.05) is 6.54 Å². The molecule has 0 saturated heterocycles. The number of rotatable bonds is 3. The van der Waals surface area contributed by atoms with Crippen molar-refractivity contribution < 1.29 is 0 Å². The maximum absolute atomic E-state index is 8.89. The Bertz CT molecular complexity index is 448. The summed E-state index contributed by atoms with van der Waals surface area (Å²) in [4.78, 5) is 0. The summed E-state index contributed by atoms with van der Waals surface area (Å²) in [6.45, 7) is 3.29. The summed E-state index contributed by atoms with van der Waals surface area (Å²) < 4.78 is 0. The average Bonchev–Trinajstić information content (AvgIpc) is 2.39. The van der Waals surface area contributed by atoms with Gasteiger partial charge in [-0.3, -0.25) is 0 Å². The molecule has 0 spiro atoms. The zero-order valence-electron chi connectivity index (χ0n) is 10.9. The number of nitrogen functional groups attached to an aromatic ring is 1. The average molecular weight is 243 g/mol. The molecule has 2 unspecified atom stereocenters. The Morgan fingerprint density at radius 3 is 2.89 bits per heavy atom. The van der Waals surface area contributed by atoms with Gasteiger partial charge in [-0.1, -0.05) is 26.2 Å². The van der Waals surface area contributed by atoms with Gasteiger partial charge in [-0.25, -0.2) is 0 Å². The van der Waals surface area contributed by atoms with E-state index in [0.717, 1.165) is 29.8 Å². The number of hydrogen-bond donors (Lipinski definition) is 2. The van der Waals surface area contributed by atoms with Crippen LogP contribution in [0.5, 0.6) is 0 Å². The molecule has 1 fully saturated rings. The van der Waals surface area contributed by atoms with Crippen LogP contribution in [0.1, 0.15) is 38.2 Å². The van der Waals surface area contributed by atoms with E-state index in [1.807, 2.05) is 6.07 Å². The van der Waals surface area contributed by atoms with E-state index in [4.69, 9.17) is 11.0 Å². The fraction of sp³-hybridized carbons (Fsp3) is 0.533. The van der Waals surface area contributed by atoms with Gasteiger partial charge in [-0.05, 0) is 36.5 Å². The van der Waals surface area contributed by atoms with Gasteiger partial charge < -0.3 is 11.1 Å². The minimum atomic E-state index is 0.656. The third kappa shape index (κ3) is 2.95. The maximum Gasteiger partial charge on any atom is 0.0992 e. The molecule has 1 aliphatic rings. The van der Waals surface area contributed by atoms with Crippen molar-refractivity contribution in [2.75, 3.05) is 17.6 Å². The molecule has 96 valence electrons. The number of nitrogens with one attached hydrogen (secondary N) is 1. The number of hydrogen-bond acceptors (Lipinski definition) is 3. The third-order valence-corrected chi connectivity index (χ3v) is 4.03. The lowest BCUT2D eigenvalue weighted by atomic mass is 9.80. The van der Waals surface area contributed by atoms with Crippen molar-refractivity contribution in [3.05, 3.63) is 23.8 Å². The van der Waals surface area contributed by atoms with Crippen molar-refractivity contribution in [2.24, 2.45) is 11.8 Å². The summed E-state index contributed by atoms with van der Waals surface area (Å²) in [7, 11) is 0. The Morgan fingerprint density at radius 1 is 1.39 bits per heavy atom. The molecule has 1 aliphatic carbocycles. The maximum atomic E-state index is 8.89. The van der Waals surface area contributed by atoms with Crippen LogP contribution in [0, 0.1) is 23.2 Å². The van der Waals surface area contributed by atoms with Crippen molar-refractivity contribution >= 4 is 11.4 Å². The van der Waals surface area contributed by atoms with Gasteiger partial charge >= 0.3 is 0 Å². The first-order chi connectivity index (χ1) is 8.70. The molecule has 3 heteroatoms. The van der Waals surface area contributed by atoms with Crippen LogP contribution in [0.2, 0.25) is 0 Å². The van der Waals surface area contributed by atoms with Gasteiger partial charge in [0.25, 0.3) is 0 Å². The fourth-order valence-electron chi connectivity index (χ4n) is 2.72. The Kier molecular flexibility index (Phi) is 4.09. The SMILES string of the molecule is CC1CCCCC1CNc1cc(C#N)ccc1N. The number of benzene rings is 1. The molecule has 0 aromatic heterocycles. The molecule has 2 rings (SSSR count). The smallest absolute Gasteiger partial charge is 0.0992 e. The van der Waals surface area contributed by atoms with Crippen LogP contribution in [0.3, 0.4) is 0 Å². The Morgan fingerprint density at radius 2 is 2.17 bits per heavy atom. The number of nitriles is 1. The molecular formula is C15H21N3. The second-order valence-electron chi connectivity index (χ2n) is 5.32. The van der Waals surface area contributed by atoms with E-state index in [9.17, 15) is 0 Å². The molecular weight excluding hydrogens is 222 g/mol. The number of nitrogens with zero attached hydrogens (tertiary/aromatic N) is 1. The lowest BCUT2D eigenvalue weighted by Gasteiger charge is -2.29. The van der Waals surface area contributed by atoms with Gasteiger partial charge in [-0.15, -0.1) is 0 Å². The quantitative estimate of drug-likeness (QED) is 0.800. The molecule has 1 aromatic rings. The Balaban J connectivity index is 1.99. The summed E-state index contributed by atoms with van der Waals surface area (Å²) in [6, 6.07) is 7.53. The first-order valence-electron chi connectivity index (χ1n) is 6.74. The van der Waals surface area contributed by atoms with E-state index in [2.05, 4.69) is 18.3 Å². The number of nitrogens with two attached hydrogens (primary N) is 1. The zero-order chi connectivity index (χ0) is 13.0. The fourth-order valence-corrected chi connectivity index (χ4v) is 2.72. The highest BCUT2D eigenvalue weighted by atomic mass is 14.9. The van der Waals surface area contributed by atoms with Crippen LogP contribution >= 0.6 is 0 Å². The molecule has 1 aromatic carbocycles. The molecule has 0 amide bonds. The van der Waals surface area contributed by atoms with E-state index in [1.165, 1.54) is 25.7 Å². The highest BCUT2D eigenvalue weighted by Gasteiger charge is 2.20. The predicted molar refractivity (Wildman–Crippen MR) is 75.2 cm³/mol. The molecule has 0 heterocycles. The molecule has 0 bridgehead atoms. The van der Waals surface area contributed by atoms with Crippen LogP contribution in [-0.2, 0) is 0 Å². The highest BCUT2D eigenvalue weighted by Crippen LogP contribution is 2.30. The summed E-state index contributed by atoms with van der Waals surface area (Å²) in [5.41, 5.74) is 8.19. The zero-order valence-corrected chi connectivity index (χ0v) is 10.9. The Labute approximate surface area is 109 Å². The van der Waals surface area contributed by atoms with Crippen molar-refractivity contribution in [3.8, 4) is 6.07 Å². The second-order valence-corrected chi connectivity index (χ2v) is 5.32. The third-order valence-electron chi connectivity index (χ3n) is 4.03. The van der Waals surface area contributed by atoms with Crippen LogP contribution < -0.4 is 11.1 Å². The molecule has 0 radical (unpaired) electrons. The van der Waals surface area contributed by atoms with Crippen LogP contribution in [0.25, 0.3) is 0 Å². The summed E-state index contributed by atoms with van der Waals surface area (Å²) in [5, 5.41) is 12.3. The van der Waals surface area contributed by atoms with E-state index < -0.39 is 0 Å². The normalized spacial score (nSPS) is 23.3. The summed E-state index contributed by atoms with van der Waals surface area (Å²) >= 11 is 0. The van der Waals surface area contributed by atoms with E-state index in [-0.39, 0.29) is 0 Å². The van der Waals surface area contributed by atoms with E-state index in [1.54, 1.807) is 12.1 Å².